The van der Waals surface area contributed by atoms with Gasteiger partial charge >= 0.3 is 0 Å². The number of Topliss-reactive ketones (excluding diaryl/α,β-unsaturated/α-hetero) is 1. The van der Waals surface area contributed by atoms with E-state index in [-0.39, 0.29) is 11.5 Å². The van der Waals surface area contributed by atoms with Gasteiger partial charge in [-0.2, -0.15) is 0 Å². The van der Waals surface area contributed by atoms with Gasteiger partial charge in [0.05, 0.1) is 18.8 Å². The fourth-order valence-corrected chi connectivity index (χ4v) is 2.33. The number of carbonyl (C=O) groups is 1. The molecule has 1 aliphatic rings. The third-order valence-electron chi connectivity index (χ3n) is 3.99. The summed E-state index contributed by atoms with van der Waals surface area (Å²) in [6, 6.07) is 0. The van der Waals surface area contributed by atoms with Crippen LogP contribution in [0.2, 0.25) is 0 Å². The summed E-state index contributed by atoms with van der Waals surface area (Å²) in [4.78, 5) is 14.7. The Hall–Kier alpha value is -0.410. The summed E-state index contributed by atoms with van der Waals surface area (Å²) in [7, 11) is 0. The minimum Gasteiger partial charge on any atom is -0.379 e. The third-order valence-corrected chi connectivity index (χ3v) is 3.99. The highest BCUT2D eigenvalue weighted by Gasteiger charge is 2.39. The van der Waals surface area contributed by atoms with Gasteiger partial charge in [0.2, 0.25) is 0 Å². The first-order chi connectivity index (χ1) is 7.56. The summed E-state index contributed by atoms with van der Waals surface area (Å²) < 4.78 is 5.35. The van der Waals surface area contributed by atoms with Crippen molar-refractivity contribution in [2.75, 3.05) is 26.3 Å². The van der Waals surface area contributed by atoms with E-state index < -0.39 is 0 Å². The molecule has 1 saturated heterocycles. The molecule has 0 amide bonds. The molecule has 1 aliphatic heterocycles. The van der Waals surface area contributed by atoms with Crippen molar-refractivity contribution in [3.8, 4) is 0 Å². The van der Waals surface area contributed by atoms with E-state index in [0.717, 1.165) is 39.1 Å². The smallest absolute Gasteiger partial charge is 0.155 e. The molecule has 0 saturated carbocycles. The Morgan fingerprint density at radius 1 is 1.38 bits per heavy atom. The Labute approximate surface area is 99.1 Å². The van der Waals surface area contributed by atoms with Crippen molar-refractivity contribution < 1.29 is 9.53 Å². The van der Waals surface area contributed by atoms with Gasteiger partial charge in [-0.1, -0.05) is 20.8 Å². The normalized spacial score (nSPS) is 23.8. The Morgan fingerprint density at radius 2 is 1.94 bits per heavy atom. The highest BCUT2D eigenvalue weighted by molar-refractivity contribution is 5.89. The first-order valence-corrected chi connectivity index (χ1v) is 6.43. The lowest BCUT2D eigenvalue weighted by atomic mass is 9.83. The molecule has 2 unspecified atom stereocenters. The molecule has 0 N–H and O–H groups in total. The minimum absolute atomic E-state index is 0.160. The van der Waals surface area contributed by atoms with Crippen LogP contribution in [0.1, 0.15) is 40.5 Å². The van der Waals surface area contributed by atoms with Crippen LogP contribution in [-0.2, 0) is 9.53 Å². The molecule has 3 heteroatoms. The van der Waals surface area contributed by atoms with Gasteiger partial charge in [-0.25, -0.2) is 0 Å². The van der Waals surface area contributed by atoms with Crippen LogP contribution in [0.5, 0.6) is 0 Å². The Bertz CT molecular complexity index is 236. The summed E-state index contributed by atoms with van der Waals surface area (Å²) in [5.41, 5.74) is -0.292. The van der Waals surface area contributed by atoms with Crippen LogP contribution < -0.4 is 0 Å². The molecule has 94 valence electrons. The van der Waals surface area contributed by atoms with Gasteiger partial charge in [-0.3, -0.25) is 9.69 Å². The molecular formula is C13H25NO2. The lowest BCUT2D eigenvalue weighted by Crippen LogP contribution is -2.57. The first kappa shape index (κ1) is 13.7. The number of nitrogens with zero attached hydrogens (tertiary/aromatic N) is 1. The van der Waals surface area contributed by atoms with E-state index in [2.05, 4.69) is 25.7 Å². The molecule has 2 atom stereocenters. The van der Waals surface area contributed by atoms with E-state index in [1.807, 2.05) is 6.92 Å². The van der Waals surface area contributed by atoms with Gasteiger partial charge in [0.25, 0.3) is 0 Å². The van der Waals surface area contributed by atoms with Crippen LogP contribution in [0.3, 0.4) is 0 Å². The second-order valence-corrected chi connectivity index (χ2v) is 4.90. The fourth-order valence-electron chi connectivity index (χ4n) is 2.33. The predicted molar refractivity (Wildman–Crippen MR) is 65.6 cm³/mol. The molecule has 3 nitrogen and oxygen atoms in total. The van der Waals surface area contributed by atoms with Crippen molar-refractivity contribution in [2.45, 2.75) is 46.1 Å². The maximum atomic E-state index is 12.4. The van der Waals surface area contributed by atoms with Gasteiger partial charge < -0.3 is 4.74 Å². The molecular weight excluding hydrogens is 202 g/mol. The molecule has 1 heterocycles. The molecule has 1 fully saturated rings. The monoisotopic (exact) mass is 227 g/mol. The largest absolute Gasteiger partial charge is 0.379 e. The van der Waals surface area contributed by atoms with Crippen LogP contribution >= 0.6 is 0 Å². The zero-order chi connectivity index (χ0) is 12.2. The SMILES string of the molecule is CCC(C)C(=O)C(C)(CC)N1CCOCC1. The van der Waals surface area contributed by atoms with Gasteiger partial charge in [0.1, 0.15) is 0 Å². The van der Waals surface area contributed by atoms with Crippen molar-refractivity contribution in [1.82, 2.24) is 4.90 Å². The molecule has 0 radical (unpaired) electrons. The van der Waals surface area contributed by atoms with E-state index >= 15 is 0 Å². The molecule has 16 heavy (non-hydrogen) atoms. The number of hydrogen-bond donors (Lipinski definition) is 0. The van der Waals surface area contributed by atoms with Gasteiger partial charge in [0.15, 0.2) is 5.78 Å². The van der Waals surface area contributed by atoms with Crippen LogP contribution in [0.15, 0.2) is 0 Å². The first-order valence-electron chi connectivity index (χ1n) is 6.43. The predicted octanol–water partition coefficient (Wildman–Crippen LogP) is 2.10. The van der Waals surface area contributed by atoms with E-state index in [9.17, 15) is 4.79 Å². The van der Waals surface area contributed by atoms with Crippen molar-refractivity contribution >= 4 is 5.78 Å². The summed E-state index contributed by atoms with van der Waals surface area (Å²) in [6.07, 6.45) is 1.81. The van der Waals surface area contributed by atoms with Gasteiger partial charge in [0, 0.05) is 19.0 Å². The third kappa shape index (κ3) is 2.64. The summed E-state index contributed by atoms with van der Waals surface area (Å²) in [5, 5.41) is 0. The number of rotatable bonds is 5. The maximum Gasteiger partial charge on any atom is 0.155 e. The quantitative estimate of drug-likeness (QED) is 0.720. The second-order valence-electron chi connectivity index (χ2n) is 4.90. The second kappa shape index (κ2) is 5.78. The lowest BCUT2D eigenvalue weighted by molar-refractivity contribution is -0.137. The van der Waals surface area contributed by atoms with E-state index in [0.29, 0.717) is 5.78 Å². The molecule has 0 bridgehead atoms. The Balaban J connectivity index is 2.78. The number of carbonyl (C=O) groups excluding carboxylic acids is 1. The molecule has 0 aromatic carbocycles. The fraction of sp³-hybridized carbons (Fsp3) is 0.923. The lowest BCUT2D eigenvalue weighted by Gasteiger charge is -2.42. The van der Waals surface area contributed by atoms with Crippen molar-refractivity contribution in [3.05, 3.63) is 0 Å². The van der Waals surface area contributed by atoms with Crippen molar-refractivity contribution in [1.29, 1.82) is 0 Å². The minimum atomic E-state index is -0.292. The van der Waals surface area contributed by atoms with Crippen molar-refractivity contribution in [3.63, 3.8) is 0 Å². The van der Waals surface area contributed by atoms with Crippen molar-refractivity contribution in [2.24, 2.45) is 5.92 Å². The topological polar surface area (TPSA) is 29.5 Å². The molecule has 0 aliphatic carbocycles. The Morgan fingerprint density at radius 3 is 2.38 bits per heavy atom. The van der Waals surface area contributed by atoms with E-state index in [1.54, 1.807) is 0 Å². The Kier molecular flexibility index (Phi) is 4.93. The number of ether oxygens (including phenoxy) is 1. The van der Waals surface area contributed by atoms with Crippen LogP contribution in [0.4, 0.5) is 0 Å². The average molecular weight is 227 g/mol. The summed E-state index contributed by atoms with van der Waals surface area (Å²) in [6.45, 7) is 11.6. The van der Waals surface area contributed by atoms with E-state index in [1.165, 1.54) is 0 Å². The highest BCUT2D eigenvalue weighted by Crippen LogP contribution is 2.26. The molecule has 1 rings (SSSR count). The summed E-state index contributed by atoms with van der Waals surface area (Å²) >= 11 is 0. The maximum absolute atomic E-state index is 12.4. The summed E-state index contributed by atoms with van der Waals surface area (Å²) in [5.74, 6) is 0.548. The van der Waals surface area contributed by atoms with Crippen LogP contribution in [0.25, 0.3) is 0 Å². The zero-order valence-electron chi connectivity index (χ0n) is 11.1. The number of ketones is 1. The number of morpholine rings is 1. The molecule has 0 aromatic heterocycles. The van der Waals surface area contributed by atoms with E-state index in [4.69, 9.17) is 4.74 Å². The average Bonchev–Trinajstić information content (AvgIpc) is 2.37. The van der Waals surface area contributed by atoms with Crippen LogP contribution in [-0.4, -0.2) is 42.5 Å². The zero-order valence-corrected chi connectivity index (χ0v) is 11.1. The van der Waals surface area contributed by atoms with Crippen LogP contribution in [0, 0.1) is 5.92 Å². The molecule has 0 aromatic rings. The standard InChI is InChI=1S/C13H25NO2/c1-5-11(3)12(15)13(4,6-2)14-7-9-16-10-8-14/h11H,5-10H2,1-4H3. The number of hydrogen-bond acceptors (Lipinski definition) is 3. The highest BCUT2D eigenvalue weighted by atomic mass is 16.5. The van der Waals surface area contributed by atoms with Gasteiger partial charge in [-0.15, -0.1) is 0 Å². The molecule has 0 spiro atoms. The van der Waals surface area contributed by atoms with Gasteiger partial charge in [-0.05, 0) is 19.8 Å².